The standard InChI is InChI=1S/C21H24N2O3/c1-15-4-2-3-5-18(15)17-8-10-23(13-17)11-9-22-21(24)16-6-7-19-20(12-16)26-14-25-19/h2-7,12,17H,8-11,13-14H2,1H3,(H,22,24)/t17-/m1/s1. The lowest BCUT2D eigenvalue weighted by molar-refractivity contribution is 0.0949. The monoisotopic (exact) mass is 352 g/mol. The van der Waals surface area contributed by atoms with Gasteiger partial charge in [-0.2, -0.15) is 0 Å². The van der Waals surface area contributed by atoms with Crippen LogP contribution in [0.5, 0.6) is 11.5 Å². The number of amides is 1. The maximum atomic E-state index is 12.3. The third kappa shape index (κ3) is 3.53. The van der Waals surface area contributed by atoms with Crippen LogP contribution < -0.4 is 14.8 Å². The highest BCUT2D eigenvalue weighted by Crippen LogP contribution is 2.32. The molecule has 0 aromatic heterocycles. The number of rotatable bonds is 5. The average Bonchev–Trinajstić information content (AvgIpc) is 3.30. The molecule has 0 bridgehead atoms. The molecule has 2 aromatic rings. The first kappa shape index (κ1) is 16.9. The number of hydrogen-bond donors (Lipinski definition) is 1. The van der Waals surface area contributed by atoms with Gasteiger partial charge in [0, 0.05) is 25.2 Å². The molecule has 1 saturated heterocycles. The van der Waals surface area contributed by atoms with Crippen molar-refractivity contribution in [3.63, 3.8) is 0 Å². The molecule has 1 N–H and O–H groups in total. The molecule has 1 atom stereocenters. The lowest BCUT2D eigenvalue weighted by Crippen LogP contribution is -2.33. The van der Waals surface area contributed by atoms with Gasteiger partial charge in [0.25, 0.3) is 5.91 Å². The number of carbonyl (C=O) groups excluding carboxylic acids is 1. The fourth-order valence-corrected chi connectivity index (χ4v) is 3.80. The third-order valence-corrected chi connectivity index (χ3v) is 5.25. The van der Waals surface area contributed by atoms with E-state index < -0.39 is 0 Å². The average molecular weight is 352 g/mol. The van der Waals surface area contributed by atoms with Crippen LogP contribution in [0.2, 0.25) is 0 Å². The molecule has 0 radical (unpaired) electrons. The van der Waals surface area contributed by atoms with Gasteiger partial charge in [-0.05, 0) is 55.1 Å². The Morgan fingerprint density at radius 2 is 2.04 bits per heavy atom. The molecule has 1 amide bonds. The topological polar surface area (TPSA) is 50.8 Å². The number of carbonyl (C=O) groups is 1. The molecule has 5 nitrogen and oxygen atoms in total. The maximum Gasteiger partial charge on any atom is 0.251 e. The highest BCUT2D eigenvalue weighted by atomic mass is 16.7. The minimum absolute atomic E-state index is 0.0713. The first-order chi connectivity index (χ1) is 12.7. The highest BCUT2D eigenvalue weighted by Gasteiger charge is 2.24. The summed E-state index contributed by atoms with van der Waals surface area (Å²) in [6.07, 6.45) is 1.18. The Morgan fingerprint density at radius 3 is 2.92 bits per heavy atom. The lowest BCUT2D eigenvalue weighted by atomic mass is 9.94. The van der Waals surface area contributed by atoms with Crippen LogP contribution in [0.4, 0.5) is 0 Å². The Morgan fingerprint density at radius 1 is 1.19 bits per heavy atom. The van der Waals surface area contributed by atoms with E-state index in [4.69, 9.17) is 9.47 Å². The summed E-state index contributed by atoms with van der Waals surface area (Å²) >= 11 is 0. The molecule has 136 valence electrons. The molecule has 0 spiro atoms. The zero-order chi connectivity index (χ0) is 17.9. The van der Waals surface area contributed by atoms with E-state index in [0.717, 1.165) is 19.6 Å². The number of fused-ring (bicyclic) bond motifs is 1. The van der Waals surface area contributed by atoms with E-state index in [1.807, 2.05) is 0 Å². The predicted molar refractivity (Wildman–Crippen MR) is 99.9 cm³/mol. The van der Waals surface area contributed by atoms with E-state index >= 15 is 0 Å². The van der Waals surface area contributed by atoms with Crippen LogP contribution in [0.3, 0.4) is 0 Å². The molecule has 2 aliphatic rings. The van der Waals surface area contributed by atoms with Gasteiger partial charge in [-0.1, -0.05) is 24.3 Å². The Balaban J connectivity index is 1.26. The quantitative estimate of drug-likeness (QED) is 0.899. The summed E-state index contributed by atoms with van der Waals surface area (Å²) in [6.45, 7) is 6.07. The number of nitrogens with one attached hydrogen (secondary N) is 1. The molecule has 4 rings (SSSR count). The van der Waals surface area contributed by atoms with Crippen molar-refractivity contribution in [3.8, 4) is 11.5 Å². The van der Waals surface area contributed by atoms with Crippen molar-refractivity contribution in [3.05, 3.63) is 59.2 Å². The molecular weight excluding hydrogens is 328 g/mol. The second-order valence-corrected chi connectivity index (χ2v) is 6.97. The van der Waals surface area contributed by atoms with E-state index in [1.165, 1.54) is 17.5 Å². The number of hydrogen-bond acceptors (Lipinski definition) is 4. The zero-order valence-electron chi connectivity index (χ0n) is 15.0. The fourth-order valence-electron chi connectivity index (χ4n) is 3.80. The van der Waals surface area contributed by atoms with Gasteiger partial charge in [-0.3, -0.25) is 4.79 Å². The van der Waals surface area contributed by atoms with Crippen molar-refractivity contribution in [2.24, 2.45) is 0 Å². The minimum Gasteiger partial charge on any atom is -0.454 e. The molecule has 5 heteroatoms. The third-order valence-electron chi connectivity index (χ3n) is 5.25. The zero-order valence-corrected chi connectivity index (χ0v) is 15.0. The second kappa shape index (κ2) is 7.38. The summed E-state index contributed by atoms with van der Waals surface area (Å²) in [5.41, 5.74) is 3.43. The van der Waals surface area contributed by atoms with Crippen LogP contribution in [0, 0.1) is 6.92 Å². The van der Waals surface area contributed by atoms with Crippen LogP contribution in [0.1, 0.15) is 33.8 Å². The summed E-state index contributed by atoms with van der Waals surface area (Å²) in [5, 5.41) is 3.01. The van der Waals surface area contributed by atoms with Crippen molar-refractivity contribution in [2.75, 3.05) is 33.0 Å². The lowest BCUT2D eigenvalue weighted by Gasteiger charge is -2.17. The van der Waals surface area contributed by atoms with Gasteiger partial charge in [-0.15, -0.1) is 0 Å². The highest BCUT2D eigenvalue weighted by molar-refractivity contribution is 5.94. The van der Waals surface area contributed by atoms with Gasteiger partial charge in [0.1, 0.15) is 0 Å². The van der Waals surface area contributed by atoms with Crippen LogP contribution in [0.15, 0.2) is 42.5 Å². The number of nitrogens with zero attached hydrogens (tertiary/aromatic N) is 1. The Labute approximate surface area is 153 Å². The first-order valence-electron chi connectivity index (χ1n) is 9.16. The Hall–Kier alpha value is -2.53. The van der Waals surface area contributed by atoms with Crippen LogP contribution in [0.25, 0.3) is 0 Å². The summed E-state index contributed by atoms with van der Waals surface area (Å²) in [4.78, 5) is 14.8. The van der Waals surface area contributed by atoms with E-state index in [9.17, 15) is 4.79 Å². The van der Waals surface area contributed by atoms with Crippen molar-refractivity contribution < 1.29 is 14.3 Å². The van der Waals surface area contributed by atoms with Crippen molar-refractivity contribution >= 4 is 5.91 Å². The van der Waals surface area contributed by atoms with E-state index in [-0.39, 0.29) is 12.7 Å². The molecule has 0 unspecified atom stereocenters. The maximum absolute atomic E-state index is 12.3. The number of likely N-dealkylation sites (tertiary alicyclic amines) is 1. The molecule has 1 fully saturated rings. The summed E-state index contributed by atoms with van der Waals surface area (Å²) in [5.74, 6) is 1.86. The molecule has 2 heterocycles. The predicted octanol–water partition coefficient (Wildman–Crippen LogP) is 2.94. The van der Waals surface area contributed by atoms with Gasteiger partial charge in [0.05, 0.1) is 0 Å². The molecule has 0 saturated carbocycles. The number of aryl methyl sites for hydroxylation is 1. The van der Waals surface area contributed by atoms with Gasteiger partial charge >= 0.3 is 0 Å². The van der Waals surface area contributed by atoms with Crippen LogP contribution in [-0.2, 0) is 0 Å². The SMILES string of the molecule is Cc1ccccc1[C@@H]1CCN(CCNC(=O)c2ccc3c(c2)OCO3)C1. The summed E-state index contributed by atoms with van der Waals surface area (Å²) in [6, 6.07) is 13.9. The van der Waals surface area contributed by atoms with Crippen LogP contribution >= 0.6 is 0 Å². The number of benzene rings is 2. The second-order valence-electron chi connectivity index (χ2n) is 6.97. The normalized spacial score (nSPS) is 18.9. The first-order valence-corrected chi connectivity index (χ1v) is 9.16. The van der Waals surface area contributed by atoms with E-state index in [0.29, 0.717) is 29.5 Å². The molecule has 26 heavy (non-hydrogen) atoms. The number of ether oxygens (including phenoxy) is 2. The largest absolute Gasteiger partial charge is 0.454 e. The van der Waals surface area contributed by atoms with E-state index in [1.54, 1.807) is 18.2 Å². The van der Waals surface area contributed by atoms with Crippen molar-refractivity contribution in [1.29, 1.82) is 0 Å². The smallest absolute Gasteiger partial charge is 0.251 e. The van der Waals surface area contributed by atoms with Gasteiger partial charge in [0.15, 0.2) is 11.5 Å². The molecular formula is C21H24N2O3. The van der Waals surface area contributed by atoms with Gasteiger partial charge in [0.2, 0.25) is 6.79 Å². The molecule has 2 aromatic carbocycles. The Kier molecular flexibility index (Phi) is 4.80. The summed E-state index contributed by atoms with van der Waals surface area (Å²) in [7, 11) is 0. The van der Waals surface area contributed by atoms with Gasteiger partial charge in [-0.25, -0.2) is 0 Å². The fraction of sp³-hybridized carbons (Fsp3) is 0.381. The van der Waals surface area contributed by atoms with E-state index in [2.05, 4.69) is 41.4 Å². The van der Waals surface area contributed by atoms with Gasteiger partial charge < -0.3 is 19.7 Å². The van der Waals surface area contributed by atoms with Crippen molar-refractivity contribution in [1.82, 2.24) is 10.2 Å². The minimum atomic E-state index is -0.0713. The van der Waals surface area contributed by atoms with Crippen molar-refractivity contribution in [2.45, 2.75) is 19.3 Å². The summed E-state index contributed by atoms with van der Waals surface area (Å²) < 4.78 is 10.6. The Bertz CT molecular complexity index is 806. The van der Waals surface area contributed by atoms with Crippen LogP contribution in [-0.4, -0.2) is 43.8 Å². The molecule has 2 aliphatic heterocycles. The molecule has 0 aliphatic carbocycles.